The van der Waals surface area contributed by atoms with E-state index in [1.165, 1.54) is 49.7 Å². The van der Waals surface area contributed by atoms with Gasteiger partial charge in [0.2, 0.25) is 0 Å². The quantitative estimate of drug-likeness (QED) is 0.405. The summed E-state index contributed by atoms with van der Waals surface area (Å²) in [7, 11) is 0. The Balaban J connectivity index is 2.34. The fourth-order valence-corrected chi connectivity index (χ4v) is 3.84. The molecule has 1 nitrogen and oxygen atoms in total. The van der Waals surface area contributed by atoms with Gasteiger partial charge in [-0.1, -0.05) is 54.6 Å². The number of rotatable bonds is 1. The Morgan fingerprint density at radius 2 is 0.913 bits per heavy atom. The molecule has 0 unspecified atom stereocenters. The summed E-state index contributed by atoms with van der Waals surface area (Å²) in [6.07, 6.45) is 0. The molecule has 1 heterocycles. The molecule has 4 aromatic rings. The molecule has 1 aromatic heterocycles. The van der Waals surface area contributed by atoms with E-state index in [0.717, 1.165) is 0 Å². The number of benzene rings is 3. The first-order chi connectivity index (χ1) is 11.1. The van der Waals surface area contributed by atoms with Crippen molar-refractivity contribution in [2.24, 2.45) is 0 Å². The van der Waals surface area contributed by atoms with E-state index >= 15 is 0 Å². The van der Waals surface area contributed by atoms with Crippen molar-refractivity contribution in [3.8, 4) is 5.69 Å². The summed E-state index contributed by atoms with van der Waals surface area (Å²) in [5.41, 5.74) is 9.24. The number of fused-ring (bicyclic) bond motifs is 3. The van der Waals surface area contributed by atoms with Crippen LogP contribution >= 0.6 is 0 Å². The normalized spacial score (nSPS) is 11.5. The van der Waals surface area contributed by atoms with Crippen molar-refractivity contribution in [2.75, 3.05) is 0 Å². The van der Waals surface area contributed by atoms with E-state index in [-0.39, 0.29) is 0 Å². The second kappa shape index (κ2) is 4.99. The molecule has 0 aliphatic rings. The van der Waals surface area contributed by atoms with Crippen molar-refractivity contribution in [1.29, 1.82) is 0 Å². The van der Waals surface area contributed by atoms with Crippen LogP contribution in [0.1, 0.15) is 22.3 Å². The minimum atomic E-state index is 1.32. The van der Waals surface area contributed by atoms with Crippen molar-refractivity contribution >= 4 is 21.8 Å². The third kappa shape index (κ3) is 1.93. The lowest BCUT2D eigenvalue weighted by atomic mass is 10.1. The van der Waals surface area contributed by atoms with Crippen molar-refractivity contribution in [1.82, 2.24) is 4.57 Å². The molecule has 3 aromatic carbocycles. The molecule has 23 heavy (non-hydrogen) atoms. The molecule has 0 radical (unpaired) electrons. The lowest BCUT2D eigenvalue weighted by Crippen LogP contribution is -2.01. The van der Waals surface area contributed by atoms with Crippen LogP contribution in [0.2, 0.25) is 0 Å². The highest BCUT2D eigenvalue weighted by molar-refractivity contribution is 6.11. The van der Waals surface area contributed by atoms with Crippen LogP contribution in [-0.4, -0.2) is 4.57 Å². The van der Waals surface area contributed by atoms with Crippen LogP contribution in [0, 0.1) is 27.7 Å². The first-order valence-electron chi connectivity index (χ1n) is 8.15. The van der Waals surface area contributed by atoms with Gasteiger partial charge in [-0.15, -0.1) is 0 Å². The minimum Gasteiger partial charge on any atom is -0.308 e. The predicted molar refractivity (Wildman–Crippen MR) is 99.7 cm³/mol. The number of hydrogen-bond acceptors (Lipinski definition) is 0. The molecule has 0 saturated heterocycles. The van der Waals surface area contributed by atoms with Crippen LogP contribution in [0.3, 0.4) is 0 Å². The van der Waals surface area contributed by atoms with Gasteiger partial charge in [0.1, 0.15) is 0 Å². The summed E-state index contributed by atoms with van der Waals surface area (Å²) in [6, 6.07) is 19.8. The fraction of sp³-hybridized carbons (Fsp3) is 0.182. The van der Waals surface area contributed by atoms with Gasteiger partial charge < -0.3 is 4.57 Å². The van der Waals surface area contributed by atoms with Gasteiger partial charge in [0, 0.05) is 10.8 Å². The first kappa shape index (κ1) is 14.1. The summed E-state index contributed by atoms with van der Waals surface area (Å²) in [5, 5.41) is 2.68. The Labute approximate surface area is 137 Å². The third-order valence-corrected chi connectivity index (χ3v) is 4.88. The van der Waals surface area contributed by atoms with Gasteiger partial charge in [-0.25, -0.2) is 0 Å². The van der Waals surface area contributed by atoms with Gasteiger partial charge >= 0.3 is 0 Å². The zero-order chi connectivity index (χ0) is 16.1. The van der Waals surface area contributed by atoms with Crippen LogP contribution in [0.15, 0.2) is 54.6 Å². The molecule has 0 N–H and O–H groups in total. The van der Waals surface area contributed by atoms with E-state index < -0.39 is 0 Å². The zero-order valence-corrected chi connectivity index (χ0v) is 14.1. The number of aromatic nitrogens is 1. The molecule has 0 fully saturated rings. The smallest absolute Gasteiger partial charge is 0.0570 e. The molecule has 0 atom stereocenters. The van der Waals surface area contributed by atoms with Gasteiger partial charge in [-0.2, -0.15) is 0 Å². The van der Waals surface area contributed by atoms with E-state index in [1.807, 2.05) is 0 Å². The van der Waals surface area contributed by atoms with Crippen molar-refractivity contribution in [3.05, 3.63) is 76.9 Å². The molecule has 0 saturated carbocycles. The van der Waals surface area contributed by atoms with Gasteiger partial charge in [0.25, 0.3) is 0 Å². The van der Waals surface area contributed by atoms with Crippen LogP contribution in [-0.2, 0) is 0 Å². The van der Waals surface area contributed by atoms with E-state index in [1.54, 1.807) is 0 Å². The average molecular weight is 299 g/mol. The Morgan fingerprint density at radius 1 is 0.522 bits per heavy atom. The number of para-hydroxylation sites is 3. The Bertz CT molecular complexity index is 971. The molecular formula is C22H21N. The number of aryl methyl sites for hydroxylation is 4. The minimum absolute atomic E-state index is 1.32. The second-order valence-corrected chi connectivity index (χ2v) is 6.52. The predicted octanol–water partition coefficient (Wildman–Crippen LogP) is 6.02. The first-order valence-corrected chi connectivity index (χ1v) is 8.15. The van der Waals surface area contributed by atoms with Gasteiger partial charge in [0.05, 0.1) is 16.7 Å². The maximum Gasteiger partial charge on any atom is 0.0570 e. The van der Waals surface area contributed by atoms with Gasteiger partial charge in [-0.05, 0) is 49.9 Å². The highest BCUT2D eigenvalue weighted by Crippen LogP contribution is 2.37. The summed E-state index contributed by atoms with van der Waals surface area (Å²) in [4.78, 5) is 0. The fourth-order valence-electron chi connectivity index (χ4n) is 3.84. The monoisotopic (exact) mass is 299 g/mol. The Kier molecular flexibility index (Phi) is 3.05. The number of hydrogen-bond donors (Lipinski definition) is 0. The SMILES string of the molecule is Cc1cccc(C)c1-n1c2c(C)cccc2c2cccc(C)c21. The van der Waals surface area contributed by atoms with Crippen LogP contribution in [0.4, 0.5) is 0 Å². The third-order valence-electron chi connectivity index (χ3n) is 4.88. The summed E-state index contributed by atoms with van der Waals surface area (Å²) >= 11 is 0. The largest absolute Gasteiger partial charge is 0.308 e. The van der Waals surface area contributed by atoms with E-state index in [9.17, 15) is 0 Å². The molecule has 1 heteroatoms. The van der Waals surface area contributed by atoms with Crippen molar-refractivity contribution in [3.63, 3.8) is 0 Å². The van der Waals surface area contributed by atoms with Crippen LogP contribution in [0.25, 0.3) is 27.5 Å². The molecule has 0 spiro atoms. The molecular weight excluding hydrogens is 278 g/mol. The average Bonchev–Trinajstić information content (AvgIpc) is 2.85. The molecule has 0 amide bonds. The molecule has 0 aliphatic heterocycles. The standard InChI is InChI=1S/C22H21N/c1-14-8-5-9-15(2)20(14)23-21-16(3)10-6-12-18(21)19-13-7-11-17(4)22(19)23/h5-13H,1-4H3. The number of nitrogens with zero attached hydrogens (tertiary/aromatic N) is 1. The van der Waals surface area contributed by atoms with Crippen LogP contribution in [0.5, 0.6) is 0 Å². The molecule has 4 rings (SSSR count). The van der Waals surface area contributed by atoms with Crippen LogP contribution < -0.4 is 0 Å². The van der Waals surface area contributed by atoms with Gasteiger partial charge in [-0.3, -0.25) is 0 Å². The highest BCUT2D eigenvalue weighted by Gasteiger charge is 2.17. The lowest BCUT2D eigenvalue weighted by molar-refractivity contribution is 1.11. The zero-order valence-electron chi connectivity index (χ0n) is 14.1. The van der Waals surface area contributed by atoms with E-state index in [2.05, 4.69) is 86.9 Å². The molecule has 114 valence electrons. The summed E-state index contributed by atoms with van der Waals surface area (Å²) in [5.74, 6) is 0. The molecule has 0 aliphatic carbocycles. The maximum atomic E-state index is 2.47. The lowest BCUT2D eigenvalue weighted by Gasteiger charge is -2.16. The summed E-state index contributed by atoms with van der Waals surface area (Å²) < 4.78 is 2.47. The summed E-state index contributed by atoms with van der Waals surface area (Å²) in [6.45, 7) is 8.83. The second-order valence-electron chi connectivity index (χ2n) is 6.52. The Hall–Kier alpha value is -2.54. The van der Waals surface area contributed by atoms with Gasteiger partial charge in [0.15, 0.2) is 0 Å². The van der Waals surface area contributed by atoms with E-state index in [4.69, 9.17) is 0 Å². The maximum absolute atomic E-state index is 2.47. The Morgan fingerprint density at radius 3 is 1.39 bits per heavy atom. The van der Waals surface area contributed by atoms with E-state index in [0.29, 0.717) is 0 Å². The highest BCUT2D eigenvalue weighted by atomic mass is 15.0. The molecule has 0 bridgehead atoms. The van der Waals surface area contributed by atoms with Crippen molar-refractivity contribution in [2.45, 2.75) is 27.7 Å². The topological polar surface area (TPSA) is 4.93 Å². The van der Waals surface area contributed by atoms with Crippen molar-refractivity contribution < 1.29 is 0 Å².